The highest BCUT2D eigenvalue weighted by Gasteiger charge is 2.16. The van der Waals surface area contributed by atoms with Crippen LogP contribution in [-0.2, 0) is 27.4 Å². The summed E-state index contributed by atoms with van der Waals surface area (Å²) in [5.41, 5.74) is 2.09. The fourth-order valence-electron chi connectivity index (χ4n) is 1.71. The minimum absolute atomic E-state index is 0.0208. The molecule has 0 radical (unpaired) electrons. The summed E-state index contributed by atoms with van der Waals surface area (Å²) in [6, 6.07) is 3.28. The molecule has 5 nitrogen and oxygen atoms in total. The first-order valence-electron chi connectivity index (χ1n) is 6.60. The highest BCUT2D eigenvalue weighted by atomic mass is 16.5. The lowest BCUT2D eigenvalue weighted by molar-refractivity contribution is -0.142. The zero-order valence-electron chi connectivity index (χ0n) is 12.7. The van der Waals surface area contributed by atoms with Crippen molar-refractivity contribution in [3.63, 3.8) is 0 Å². The van der Waals surface area contributed by atoms with Gasteiger partial charge in [-0.3, -0.25) is 9.59 Å². The number of hydrogen-bond donors (Lipinski definition) is 1. The van der Waals surface area contributed by atoms with E-state index in [-0.39, 0.29) is 18.1 Å². The normalized spacial score (nSPS) is 9.90. The van der Waals surface area contributed by atoms with Crippen LogP contribution < -0.4 is 4.74 Å². The quantitative estimate of drug-likeness (QED) is 0.513. The predicted octanol–water partition coefficient (Wildman–Crippen LogP) is 2.89. The third kappa shape index (κ3) is 5.30. The van der Waals surface area contributed by atoms with Crippen LogP contribution in [0.3, 0.4) is 0 Å². The molecular formula is C16H20O5. The Morgan fingerprint density at radius 1 is 1.14 bits per heavy atom. The van der Waals surface area contributed by atoms with Gasteiger partial charge in [0, 0.05) is 13.8 Å². The number of rotatable bonds is 5. The van der Waals surface area contributed by atoms with Gasteiger partial charge in [0.05, 0.1) is 5.56 Å². The maximum Gasteiger partial charge on any atom is 0.308 e. The zero-order chi connectivity index (χ0) is 16.0. The second-order valence-electron chi connectivity index (χ2n) is 4.91. The molecule has 0 aromatic heterocycles. The summed E-state index contributed by atoms with van der Waals surface area (Å²) in [5, 5.41) is 10.3. The fourth-order valence-corrected chi connectivity index (χ4v) is 1.71. The summed E-state index contributed by atoms with van der Waals surface area (Å²) < 4.78 is 9.94. The van der Waals surface area contributed by atoms with Crippen molar-refractivity contribution in [3.8, 4) is 11.5 Å². The molecule has 0 unspecified atom stereocenters. The lowest BCUT2D eigenvalue weighted by atomic mass is 10.0. The Morgan fingerprint density at radius 2 is 1.81 bits per heavy atom. The molecule has 0 saturated carbocycles. The van der Waals surface area contributed by atoms with E-state index in [1.54, 1.807) is 12.1 Å². The molecule has 5 heteroatoms. The van der Waals surface area contributed by atoms with Gasteiger partial charge in [-0.2, -0.15) is 0 Å². The van der Waals surface area contributed by atoms with E-state index in [2.05, 4.69) is 0 Å². The van der Waals surface area contributed by atoms with Crippen molar-refractivity contribution < 1.29 is 24.2 Å². The number of allylic oxidation sites excluding steroid dienone is 2. The van der Waals surface area contributed by atoms with Crippen LogP contribution in [0.4, 0.5) is 0 Å². The number of hydrogen-bond acceptors (Lipinski definition) is 5. The van der Waals surface area contributed by atoms with E-state index < -0.39 is 11.9 Å². The molecule has 0 fully saturated rings. The van der Waals surface area contributed by atoms with Crippen molar-refractivity contribution >= 4 is 11.9 Å². The smallest absolute Gasteiger partial charge is 0.308 e. The average Bonchev–Trinajstić information content (AvgIpc) is 2.36. The van der Waals surface area contributed by atoms with Crippen LogP contribution in [-0.4, -0.2) is 17.0 Å². The molecule has 0 aliphatic heterocycles. The molecule has 0 aliphatic rings. The van der Waals surface area contributed by atoms with E-state index in [1.165, 1.54) is 13.8 Å². The molecule has 0 aliphatic carbocycles. The molecule has 0 amide bonds. The summed E-state index contributed by atoms with van der Waals surface area (Å²) in [6.07, 6.45) is 2.51. The molecule has 1 aromatic rings. The SMILES string of the molecule is CC(=O)OCc1c(OC(C)=O)ccc(CC=C(C)C)c1O. The average molecular weight is 292 g/mol. The van der Waals surface area contributed by atoms with Crippen LogP contribution in [0, 0.1) is 0 Å². The number of phenols is 1. The number of aromatic hydroxyl groups is 1. The van der Waals surface area contributed by atoms with Gasteiger partial charge < -0.3 is 14.6 Å². The summed E-state index contributed by atoms with van der Waals surface area (Å²) >= 11 is 0. The van der Waals surface area contributed by atoms with Crippen LogP contribution in [0.15, 0.2) is 23.8 Å². The largest absolute Gasteiger partial charge is 0.507 e. The third-order valence-corrected chi connectivity index (χ3v) is 2.73. The Kier molecular flexibility index (Phi) is 5.96. The van der Waals surface area contributed by atoms with Gasteiger partial charge >= 0.3 is 11.9 Å². The van der Waals surface area contributed by atoms with Crippen LogP contribution in [0.1, 0.15) is 38.8 Å². The van der Waals surface area contributed by atoms with Crippen molar-refractivity contribution in [2.24, 2.45) is 0 Å². The molecule has 114 valence electrons. The minimum Gasteiger partial charge on any atom is -0.507 e. The first-order valence-corrected chi connectivity index (χ1v) is 6.60. The summed E-state index contributed by atoms with van der Waals surface area (Å²) in [7, 11) is 0. The van der Waals surface area contributed by atoms with E-state index in [0.717, 1.165) is 5.57 Å². The van der Waals surface area contributed by atoms with Crippen LogP contribution in [0.25, 0.3) is 0 Å². The van der Waals surface area contributed by atoms with Gasteiger partial charge in [0.15, 0.2) is 0 Å². The number of carbonyl (C=O) groups is 2. The Morgan fingerprint density at radius 3 is 2.33 bits per heavy atom. The van der Waals surface area contributed by atoms with Crippen molar-refractivity contribution in [2.75, 3.05) is 0 Å². The highest BCUT2D eigenvalue weighted by Crippen LogP contribution is 2.33. The summed E-state index contributed by atoms with van der Waals surface area (Å²) in [4.78, 5) is 22.0. The molecular weight excluding hydrogens is 272 g/mol. The lowest BCUT2D eigenvalue weighted by Crippen LogP contribution is -2.07. The molecule has 1 aromatic carbocycles. The van der Waals surface area contributed by atoms with Crippen LogP contribution in [0.5, 0.6) is 11.5 Å². The maximum absolute atomic E-state index is 11.1. The topological polar surface area (TPSA) is 72.8 Å². The Bertz CT molecular complexity index is 568. The van der Waals surface area contributed by atoms with E-state index in [1.807, 2.05) is 19.9 Å². The molecule has 0 saturated heterocycles. The molecule has 0 spiro atoms. The first-order chi connectivity index (χ1) is 9.81. The van der Waals surface area contributed by atoms with Gasteiger partial charge in [-0.1, -0.05) is 17.7 Å². The van der Waals surface area contributed by atoms with E-state index in [0.29, 0.717) is 17.5 Å². The van der Waals surface area contributed by atoms with Crippen LogP contribution in [0.2, 0.25) is 0 Å². The van der Waals surface area contributed by atoms with Crippen molar-refractivity contribution in [1.29, 1.82) is 0 Å². The number of carbonyl (C=O) groups excluding carboxylic acids is 2. The summed E-state index contributed by atoms with van der Waals surface area (Å²) in [6.45, 7) is 6.32. The fraction of sp³-hybridized carbons (Fsp3) is 0.375. The second-order valence-corrected chi connectivity index (χ2v) is 4.91. The molecule has 21 heavy (non-hydrogen) atoms. The Hall–Kier alpha value is -2.30. The van der Waals surface area contributed by atoms with Gasteiger partial charge in [-0.05, 0) is 31.9 Å². The molecule has 0 atom stereocenters. The molecule has 0 bridgehead atoms. The molecule has 1 N–H and O–H groups in total. The van der Waals surface area contributed by atoms with E-state index in [9.17, 15) is 14.7 Å². The number of ether oxygens (including phenoxy) is 2. The Labute approximate surface area is 124 Å². The monoisotopic (exact) mass is 292 g/mol. The zero-order valence-corrected chi connectivity index (χ0v) is 12.7. The van der Waals surface area contributed by atoms with Gasteiger partial charge in [0.2, 0.25) is 0 Å². The van der Waals surface area contributed by atoms with Gasteiger partial charge in [-0.25, -0.2) is 0 Å². The lowest BCUT2D eigenvalue weighted by Gasteiger charge is -2.13. The standard InChI is InChI=1S/C16H20O5/c1-10(2)5-6-13-7-8-15(21-12(4)18)14(16(13)19)9-20-11(3)17/h5,7-8,19H,6,9H2,1-4H3. The Balaban J connectivity index is 3.16. The van der Waals surface area contributed by atoms with Gasteiger partial charge in [0.25, 0.3) is 0 Å². The van der Waals surface area contributed by atoms with Gasteiger partial charge in [0.1, 0.15) is 18.1 Å². The van der Waals surface area contributed by atoms with E-state index >= 15 is 0 Å². The minimum atomic E-state index is -0.504. The maximum atomic E-state index is 11.1. The third-order valence-electron chi connectivity index (χ3n) is 2.73. The number of phenolic OH excluding ortho intramolecular Hbond substituents is 1. The number of esters is 2. The second kappa shape index (κ2) is 7.47. The summed E-state index contributed by atoms with van der Waals surface area (Å²) in [5.74, 6) is -0.803. The first kappa shape index (κ1) is 16.8. The van der Waals surface area contributed by atoms with Crippen LogP contribution >= 0.6 is 0 Å². The molecule has 0 heterocycles. The van der Waals surface area contributed by atoms with Gasteiger partial charge in [-0.15, -0.1) is 0 Å². The van der Waals surface area contributed by atoms with Crippen molar-refractivity contribution in [3.05, 3.63) is 34.9 Å². The van der Waals surface area contributed by atoms with Crippen molar-refractivity contribution in [1.82, 2.24) is 0 Å². The molecule has 1 rings (SSSR count). The van der Waals surface area contributed by atoms with Crippen molar-refractivity contribution in [2.45, 2.75) is 40.7 Å². The highest BCUT2D eigenvalue weighted by molar-refractivity contribution is 5.71. The number of benzene rings is 1. The predicted molar refractivity (Wildman–Crippen MR) is 78.0 cm³/mol. The van der Waals surface area contributed by atoms with E-state index in [4.69, 9.17) is 9.47 Å².